The number of piperazine rings is 1. The van der Waals surface area contributed by atoms with Gasteiger partial charge in [-0.25, -0.2) is 8.78 Å². The number of amides is 1. The molecule has 21 heavy (non-hydrogen) atoms. The van der Waals surface area contributed by atoms with Crippen molar-refractivity contribution in [1.29, 1.82) is 0 Å². The van der Waals surface area contributed by atoms with Crippen LogP contribution in [0.3, 0.4) is 0 Å². The Bertz CT molecular complexity index is 490. The summed E-state index contributed by atoms with van der Waals surface area (Å²) >= 11 is 0. The zero-order valence-corrected chi connectivity index (χ0v) is 12.0. The fourth-order valence-corrected chi connectivity index (χ4v) is 3.06. The summed E-state index contributed by atoms with van der Waals surface area (Å²) in [6.45, 7) is 3.79. The van der Waals surface area contributed by atoms with E-state index in [0.29, 0.717) is 13.1 Å². The van der Waals surface area contributed by atoms with Crippen LogP contribution in [0.5, 0.6) is 0 Å². The molecule has 1 aromatic carbocycles. The molecule has 0 aromatic heterocycles. The third-order valence-corrected chi connectivity index (χ3v) is 4.37. The lowest BCUT2D eigenvalue weighted by Gasteiger charge is -2.40. The van der Waals surface area contributed by atoms with Crippen molar-refractivity contribution in [2.75, 3.05) is 26.2 Å². The van der Waals surface area contributed by atoms with Gasteiger partial charge in [-0.2, -0.15) is 0 Å². The van der Waals surface area contributed by atoms with Crippen LogP contribution in [0.15, 0.2) is 30.3 Å². The smallest absolute Gasteiger partial charge is 0.249 e. The zero-order valence-electron chi connectivity index (χ0n) is 12.0. The van der Waals surface area contributed by atoms with E-state index < -0.39 is 11.8 Å². The van der Waals surface area contributed by atoms with Crippen molar-refractivity contribution < 1.29 is 13.6 Å². The maximum atomic E-state index is 12.8. The van der Waals surface area contributed by atoms with Gasteiger partial charge in [-0.05, 0) is 5.56 Å². The highest BCUT2D eigenvalue weighted by molar-refractivity contribution is 5.80. The van der Waals surface area contributed by atoms with E-state index in [1.54, 1.807) is 4.90 Å². The summed E-state index contributed by atoms with van der Waals surface area (Å²) in [7, 11) is 0. The van der Waals surface area contributed by atoms with Crippen LogP contribution >= 0.6 is 0 Å². The van der Waals surface area contributed by atoms with Crippen LogP contribution in [0, 0.1) is 5.92 Å². The molecule has 0 atom stereocenters. The predicted octanol–water partition coefficient (Wildman–Crippen LogP) is 2.38. The van der Waals surface area contributed by atoms with Gasteiger partial charge in [0.05, 0.1) is 0 Å². The van der Waals surface area contributed by atoms with E-state index in [1.165, 1.54) is 5.56 Å². The van der Waals surface area contributed by atoms with Crippen LogP contribution in [0.4, 0.5) is 8.78 Å². The number of nitrogens with zero attached hydrogens (tertiary/aromatic N) is 2. The molecule has 5 heteroatoms. The Kier molecular flexibility index (Phi) is 3.93. The number of benzene rings is 1. The van der Waals surface area contributed by atoms with Gasteiger partial charge in [0.25, 0.3) is 0 Å². The van der Waals surface area contributed by atoms with E-state index in [2.05, 4.69) is 17.0 Å². The Morgan fingerprint density at radius 2 is 1.71 bits per heavy atom. The van der Waals surface area contributed by atoms with Crippen molar-refractivity contribution in [2.45, 2.75) is 25.3 Å². The Morgan fingerprint density at radius 1 is 1.10 bits per heavy atom. The molecule has 1 heterocycles. The van der Waals surface area contributed by atoms with Crippen LogP contribution < -0.4 is 0 Å². The summed E-state index contributed by atoms with van der Waals surface area (Å²) < 4.78 is 25.7. The topological polar surface area (TPSA) is 23.6 Å². The summed E-state index contributed by atoms with van der Waals surface area (Å²) in [4.78, 5) is 16.2. The second kappa shape index (κ2) is 5.72. The van der Waals surface area contributed by atoms with E-state index in [1.807, 2.05) is 18.2 Å². The van der Waals surface area contributed by atoms with Crippen LogP contribution in [0.1, 0.15) is 18.4 Å². The van der Waals surface area contributed by atoms with E-state index in [4.69, 9.17) is 0 Å². The molecule has 2 aliphatic rings. The van der Waals surface area contributed by atoms with Gasteiger partial charge in [0, 0.05) is 51.5 Å². The largest absolute Gasteiger partial charge is 0.340 e. The average Bonchev–Trinajstić information content (AvgIpc) is 2.46. The molecule has 1 saturated carbocycles. The normalized spacial score (nSPS) is 22.9. The van der Waals surface area contributed by atoms with E-state index >= 15 is 0 Å². The Balaban J connectivity index is 1.46. The summed E-state index contributed by atoms with van der Waals surface area (Å²) in [5.41, 5.74) is 1.26. The SMILES string of the molecule is O=C(C1CC(F)(F)C1)N1CCN(Cc2ccccc2)CC1. The number of carbonyl (C=O) groups is 1. The third kappa shape index (κ3) is 3.40. The molecule has 0 N–H and O–H groups in total. The second-order valence-corrected chi connectivity index (χ2v) is 6.05. The molecule has 3 rings (SSSR count). The van der Waals surface area contributed by atoms with Crippen LogP contribution in [0.2, 0.25) is 0 Å². The van der Waals surface area contributed by atoms with Gasteiger partial charge in [0.1, 0.15) is 0 Å². The zero-order chi connectivity index (χ0) is 14.9. The number of halogens is 2. The summed E-state index contributed by atoms with van der Waals surface area (Å²) in [6.07, 6.45) is -0.536. The molecule has 0 bridgehead atoms. The van der Waals surface area contributed by atoms with Crippen molar-refractivity contribution in [3.05, 3.63) is 35.9 Å². The van der Waals surface area contributed by atoms with Crippen molar-refractivity contribution in [3.8, 4) is 0 Å². The lowest BCUT2D eigenvalue weighted by atomic mass is 9.80. The van der Waals surface area contributed by atoms with Gasteiger partial charge >= 0.3 is 0 Å². The molecular formula is C16H20F2N2O. The first kappa shape index (κ1) is 14.4. The van der Waals surface area contributed by atoms with Gasteiger partial charge < -0.3 is 4.90 Å². The second-order valence-electron chi connectivity index (χ2n) is 6.05. The van der Waals surface area contributed by atoms with Crippen LogP contribution in [-0.2, 0) is 11.3 Å². The van der Waals surface area contributed by atoms with Crippen molar-refractivity contribution in [2.24, 2.45) is 5.92 Å². The molecule has 3 nitrogen and oxygen atoms in total. The molecule has 0 radical (unpaired) electrons. The van der Waals surface area contributed by atoms with E-state index in [9.17, 15) is 13.6 Å². The first-order valence-corrected chi connectivity index (χ1v) is 7.46. The standard InChI is InChI=1S/C16H20F2N2O/c17-16(18)10-14(11-16)15(21)20-8-6-19(7-9-20)12-13-4-2-1-3-5-13/h1-5,14H,6-12H2. The number of alkyl halides is 2. The number of hydrogen-bond donors (Lipinski definition) is 0. The first-order valence-electron chi connectivity index (χ1n) is 7.46. The predicted molar refractivity (Wildman–Crippen MR) is 76.0 cm³/mol. The Hall–Kier alpha value is -1.49. The average molecular weight is 294 g/mol. The minimum atomic E-state index is -2.62. The minimum Gasteiger partial charge on any atom is -0.340 e. The van der Waals surface area contributed by atoms with Crippen LogP contribution in [0.25, 0.3) is 0 Å². The van der Waals surface area contributed by atoms with Crippen molar-refractivity contribution in [1.82, 2.24) is 9.80 Å². The van der Waals surface area contributed by atoms with Crippen LogP contribution in [-0.4, -0.2) is 47.8 Å². The lowest BCUT2D eigenvalue weighted by Crippen LogP contribution is -2.53. The van der Waals surface area contributed by atoms with Gasteiger partial charge in [0.15, 0.2) is 0 Å². The molecule has 1 aliphatic heterocycles. The highest BCUT2D eigenvalue weighted by atomic mass is 19.3. The Morgan fingerprint density at radius 3 is 2.29 bits per heavy atom. The van der Waals surface area contributed by atoms with Gasteiger partial charge in [-0.1, -0.05) is 30.3 Å². The summed E-state index contributed by atoms with van der Waals surface area (Å²) in [5, 5.41) is 0. The summed E-state index contributed by atoms with van der Waals surface area (Å²) in [5.74, 6) is -3.16. The van der Waals surface area contributed by atoms with E-state index in [0.717, 1.165) is 19.6 Å². The van der Waals surface area contributed by atoms with Gasteiger partial charge in [-0.15, -0.1) is 0 Å². The van der Waals surface area contributed by atoms with Crippen molar-refractivity contribution in [3.63, 3.8) is 0 Å². The van der Waals surface area contributed by atoms with E-state index in [-0.39, 0.29) is 18.7 Å². The van der Waals surface area contributed by atoms with Gasteiger partial charge in [0.2, 0.25) is 11.8 Å². The number of hydrogen-bond acceptors (Lipinski definition) is 2. The number of rotatable bonds is 3. The molecule has 114 valence electrons. The molecule has 2 fully saturated rings. The molecule has 0 spiro atoms. The monoisotopic (exact) mass is 294 g/mol. The fourth-order valence-electron chi connectivity index (χ4n) is 3.06. The number of carbonyl (C=O) groups excluding carboxylic acids is 1. The first-order chi connectivity index (χ1) is 10.0. The quantitative estimate of drug-likeness (QED) is 0.854. The fraction of sp³-hybridized carbons (Fsp3) is 0.562. The lowest BCUT2D eigenvalue weighted by molar-refractivity contribution is -0.161. The highest BCUT2D eigenvalue weighted by Crippen LogP contribution is 2.43. The minimum absolute atomic E-state index is 0.0831. The molecular weight excluding hydrogens is 274 g/mol. The molecule has 0 unspecified atom stereocenters. The molecule has 1 aromatic rings. The maximum absolute atomic E-state index is 12.8. The van der Waals surface area contributed by atoms with Crippen molar-refractivity contribution >= 4 is 5.91 Å². The molecule has 1 saturated heterocycles. The Labute approximate surface area is 123 Å². The maximum Gasteiger partial charge on any atom is 0.249 e. The van der Waals surface area contributed by atoms with Gasteiger partial charge in [-0.3, -0.25) is 9.69 Å². The summed E-state index contributed by atoms with van der Waals surface area (Å²) in [6, 6.07) is 10.2. The molecule has 1 aliphatic carbocycles. The third-order valence-electron chi connectivity index (χ3n) is 4.37. The highest BCUT2D eigenvalue weighted by Gasteiger charge is 2.49. The molecule has 1 amide bonds.